The quantitative estimate of drug-likeness (QED) is 0.0320. The summed E-state index contributed by atoms with van der Waals surface area (Å²) >= 11 is 6.36. The molecule has 76 heavy (non-hydrogen) atoms. The molecule has 1 aliphatic rings. The van der Waals surface area contributed by atoms with E-state index >= 15 is 0 Å². The van der Waals surface area contributed by atoms with E-state index in [4.69, 9.17) is 46.0 Å². The maximum atomic E-state index is 14.7. The number of carbonyl (C=O) groups excluding carboxylic acids is 8. The van der Waals surface area contributed by atoms with Crippen LogP contribution >= 0.6 is 11.6 Å². The molecule has 2 aromatic carbocycles. The van der Waals surface area contributed by atoms with Crippen LogP contribution < -0.4 is 76.9 Å². The lowest BCUT2D eigenvalue weighted by molar-refractivity contribution is -0.135. The number of nitrogens with one attached hydrogen (secondary N) is 9. The number of primary amides is 1. The van der Waals surface area contributed by atoms with Crippen molar-refractivity contribution in [1.29, 1.82) is 0 Å². The molecule has 2 heterocycles. The number of para-hydroxylation sites is 1. The number of nitrogens with zero attached hydrogens (tertiary/aromatic N) is 2. The number of aromatic nitrogens is 1. The molecule has 4 rings (SSSR count). The summed E-state index contributed by atoms with van der Waals surface area (Å²) in [5, 5.41) is 35.0. The molecular weight excluding hydrogens is 1010 g/mol. The second kappa shape index (κ2) is 31.4. The topological polar surface area (TPSA) is 450 Å². The third kappa shape index (κ3) is 21.0. The SMILES string of the molecule is CC(=O)N[C@@H](CCCN=C(N)N)C(=O)N[C@H]1CCC(=O)NCCC[C@@H](C(N)=O)NC(=O)[C@H](Cc2c[nH]c3ccccc23)NC(O)[C@H](CCCN=C(N)N)NC(=O)[C@@H](Cc2cccc(Cl)c2)NC(=O)[C@H](CCCN)NC1=O. The van der Waals surface area contributed by atoms with Gasteiger partial charge in [0, 0.05) is 61.5 Å². The van der Waals surface area contributed by atoms with Gasteiger partial charge in [-0.05, 0) is 100 Å². The Labute approximate surface area is 445 Å². The fraction of sp³-hybridized carbons (Fsp3) is 0.510. The van der Waals surface area contributed by atoms with E-state index in [1.165, 1.54) is 6.92 Å². The number of guanidine groups is 2. The largest absolute Gasteiger partial charge is 0.376 e. The second-order valence-electron chi connectivity index (χ2n) is 18.4. The van der Waals surface area contributed by atoms with Crippen molar-refractivity contribution in [3.05, 3.63) is 70.9 Å². The van der Waals surface area contributed by atoms with Crippen molar-refractivity contribution in [1.82, 2.24) is 47.5 Å². The van der Waals surface area contributed by atoms with Crippen molar-refractivity contribution in [3.8, 4) is 0 Å². The van der Waals surface area contributed by atoms with Crippen molar-refractivity contribution >= 4 is 81.7 Å². The van der Waals surface area contributed by atoms with E-state index in [0.717, 1.165) is 10.9 Å². The van der Waals surface area contributed by atoms with Gasteiger partial charge in [-0.1, -0.05) is 41.9 Å². The number of aliphatic hydroxyl groups is 1. The molecule has 0 spiro atoms. The number of aliphatic hydroxyl groups excluding tert-OH is 1. The van der Waals surface area contributed by atoms with Crippen LogP contribution in [0, 0.1) is 0 Å². The summed E-state index contributed by atoms with van der Waals surface area (Å²) in [6.07, 6.45) is 0.0421. The zero-order chi connectivity index (χ0) is 55.7. The number of H-pyrrole nitrogens is 1. The van der Waals surface area contributed by atoms with Crippen molar-refractivity contribution in [2.75, 3.05) is 26.2 Å². The first-order valence-corrected chi connectivity index (χ1v) is 25.5. The molecular formula is C49H74ClN17O9. The average molecular weight is 1080 g/mol. The van der Waals surface area contributed by atoms with Crippen molar-refractivity contribution in [2.24, 2.45) is 44.4 Å². The predicted molar refractivity (Wildman–Crippen MR) is 286 cm³/mol. The van der Waals surface area contributed by atoms with E-state index in [2.05, 4.69) is 57.5 Å². The first kappa shape index (κ1) is 61.0. The fourth-order valence-electron chi connectivity index (χ4n) is 8.44. The number of aliphatic imine (C=N–C) groups is 2. The number of rotatable bonds is 19. The first-order valence-electron chi connectivity index (χ1n) is 25.1. The van der Waals surface area contributed by atoms with Crippen LogP contribution in [-0.2, 0) is 51.2 Å². The lowest BCUT2D eigenvalue weighted by atomic mass is 10.0. The highest BCUT2D eigenvalue weighted by atomic mass is 35.5. The smallest absolute Gasteiger partial charge is 0.243 e. The van der Waals surface area contributed by atoms with Crippen molar-refractivity contribution in [2.45, 2.75) is 132 Å². The molecule has 0 aliphatic carbocycles. The minimum absolute atomic E-state index is 0.00322. The molecule has 26 nitrogen and oxygen atoms in total. The van der Waals surface area contributed by atoms with Gasteiger partial charge in [-0.25, -0.2) is 0 Å². The fourth-order valence-corrected chi connectivity index (χ4v) is 8.65. The minimum atomic E-state index is -1.68. The zero-order valence-corrected chi connectivity index (χ0v) is 43.3. The van der Waals surface area contributed by atoms with Crippen LogP contribution in [0.3, 0.4) is 0 Å². The summed E-state index contributed by atoms with van der Waals surface area (Å²) in [6, 6.07) is 4.80. The normalized spacial score (nSPS) is 22.1. The Balaban J connectivity index is 1.78. The number of carbonyl (C=O) groups is 8. The number of hydrogen-bond acceptors (Lipinski definition) is 13. The van der Waals surface area contributed by atoms with Crippen LogP contribution in [-0.4, -0.2) is 144 Å². The maximum Gasteiger partial charge on any atom is 0.243 e. The molecule has 8 atom stereocenters. The summed E-state index contributed by atoms with van der Waals surface area (Å²) in [5.74, 6) is -6.37. The number of hydrogen-bond donors (Lipinski definition) is 16. The van der Waals surface area contributed by atoms with E-state index in [1.54, 1.807) is 30.5 Å². The third-order valence-corrected chi connectivity index (χ3v) is 12.6. The summed E-state index contributed by atoms with van der Waals surface area (Å²) in [7, 11) is 0. The molecule has 0 bridgehead atoms. The van der Waals surface area contributed by atoms with Gasteiger partial charge in [-0.15, -0.1) is 0 Å². The Kier molecular flexibility index (Phi) is 25.2. The molecule has 27 heteroatoms. The molecule has 0 saturated carbocycles. The summed E-state index contributed by atoms with van der Waals surface area (Å²) in [4.78, 5) is 121. The van der Waals surface area contributed by atoms with Gasteiger partial charge in [0.25, 0.3) is 0 Å². The van der Waals surface area contributed by atoms with Gasteiger partial charge in [0.1, 0.15) is 36.4 Å². The van der Waals surface area contributed by atoms with Crippen LogP contribution in [0.2, 0.25) is 5.02 Å². The number of amides is 8. The highest BCUT2D eigenvalue weighted by Crippen LogP contribution is 2.20. The molecule has 1 saturated heterocycles. The van der Waals surface area contributed by atoms with Crippen LogP contribution in [0.1, 0.15) is 82.3 Å². The van der Waals surface area contributed by atoms with Crippen LogP contribution in [0.5, 0.6) is 0 Å². The first-order chi connectivity index (χ1) is 36.2. The second-order valence-corrected chi connectivity index (χ2v) is 18.9. The number of nitrogens with two attached hydrogens (primary N) is 6. The number of fused-ring (bicyclic) bond motifs is 1. The molecule has 1 fully saturated rings. The summed E-state index contributed by atoms with van der Waals surface area (Å²) < 4.78 is 0. The van der Waals surface area contributed by atoms with E-state index in [1.807, 2.05) is 24.3 Å². The van der Waals surface area contributed by atoms with Gasteiger partial charge in [0.2, 0.25) is 47.3 Å². The van der Waals surface area contributed by atoms with Crippen molar-refractivity contribution < 1.29 is 43.5 Å². The monoisotopic (exact) mass is 1080 g/mol. The van der Waals surface area contributed by atoms with Gasteiger partial charge >= 0.3 is 0 Å². The Morgan fingerprint density at radius 3 is 2.16 bits per heavy atom. The molecule has 22 N–H and O–H groups in total. The molecule has 0 radical (unpaired) electrons. The number of benzene rings is 2. The molecule has 3 aromatic rings. The Morgan fingerprint density at radius 2 is 1.47 bits per heavy atom. The van der Waals surface area contributed by atoms with Gasteiger partial charge < -0.3 is 81.7 Å². The van der Waals surface area contributed by atoms with E-state index < -0.39 is 95.8 Å². The number of aromatic amines is 1. The van der Waals surface area contributed by atoms with Crippen LogP contribution in [0.25, 0.3) is 10.9 Å². The number of halogens is 1. The molecule has 8 amide bonds. The Bertz CT molecular complexity index is 2520. The van der Waals surface area contributed by atoms with Gasteiger partial charge in [-0.3, -0.25) is 53.7 Å². The van der Waals surface area contributed by atoms with Gasteiger partial charge in [0.15, 0.2) is 11.9 Å². The molecule has 1 aromatic heterocycles. The van der Waals surface area contributed by atoms with Gasteiger partial charge in [0.05, 0.1) is 12.1 Å². The predicted octanol–water partition coefficient (Wildman–Crippen LogP) is -3.17. The highest BCUT2D eigenvalue weighted by molar-refractivity contribution is 6.30. The third-order valence-electron chi connectivity index (χ3n) is 12.3. The highest BCUT2D eigenvalue weighted by Gasteiger charge is 2.35. The molecule has 1 aliphatic heterocycles. The zero-order valence-electron chi connectivity index (χ0n) is 42.6. The summed E-state index contributed by atoms with van der Waals surface area (Å²) in [6.45, 7) is 1.51. The average Bonchev–Trinajstić information content (AvgIpc) is 3.77. The van der Waals surface area contributed by atoms with Gasteiger partial charge in [-0.2, -0.15) is 0 Å². The molecule has 416 valence electrons. The van der Waals surface area contributed by atoms with E-state index in [0.29, 0.717) is 16.1 Å². The lowest BCUT2D eigenvalue weighted by Crippen LogP contribution is -2.61. The Morgan fingerprint density at radius 1 is 0.789 bits per heavy atom. The standard InChI is InChI=1S/C49H74ClN17O9/c1-27(68)61-34(15-7-21-58-48(53)54)42(71)65-37-17-18-40(69)57-20-6-14-33(41(52)70)62-47(76)39(25-29-26-60-32-12-3-2-11-31(29)32)67-44(73)36(16-8-22-59-49(55)56)64-46(75)38(24-28-9-4-10-30(50)23-28)66-43(72)35(13-5-19-51)63-45(37)74/h2-4,9-12,23,26,33-39,44,60,67,73H,5-8,13-22,24-25,51H2,1H3,(H2,52,70)(H,57,69)(H,61,68)(H,62,76)(H,63,74)(H,64,75)(H,65,71)(H,66,72)(H4,53,54,58)(H4,55,56,59)/t33-,34-,35-,36-,37-,38+,39-,44?/m0/s1. The minimum Gasteiger partial charge on any atom is -0.376 e. The molecule has 1 unspecified atom stereocenters. The van der Waals surface area contributed by atoms with Crippen LogP contribution in [0.15, 0.2) is 64.7 Å². The maximum absolute atomic E-state index is 14.7. The van der Waals surface area contributed by atoms with Crippen LogP contribution in [0.4, 0.5) is 0 Å². The van der Waals surface area contributed by atoms with Crippen molar-refractivity contribution in [3.63, 3.8) is 0 Å². The van der Waals surface area contributed by atoms with E-state index in [-0.39, 0.29) is 115 Å². The summed E-state index contributed by atoms with van der Waals surface area (Å²) in [5.41, 5.74) is 35.7. The Hall–Kier alpha value is -7.55. The van der Waals surface area contributed by atoms with E-state index in [9.17, 15) is 43.5 Å². The lowest BCUT2D eigenvalue weighted by Gasteiger charge is -2.31.